The zero-order valence-electron chi connectivity index (χ0n) is 15.0. The Morgan fingerprint density at radius 1 is 1.22 bits per heavy atom. The van der Waals surface area contributed by atoms with Gasteiger partial charge in [0, 0.05) is 26.2 Å². The summed E-state index contributed by atoms with van der Waals surface area (Å²) in [7, 11) is 0. The first-order valence-electron chi connectivity index (χ1n) is 8.82. The quantitative estimate of drug-likeness (QED) is 0.660. The molecule has 1 saturated carbocycles. The minimum absolute atomic E-state index is 0.0172. The molecule has 1 aromatic carbocycles. The van der Waals surface area contributed by atoms with E-state index in [1.807, 2.05) is 0 Å². The third kappa shape index (κ3) is 6.16. The Labute approximate surface area is 156 Å². The Morgan fingerprint density at radius 3 is 2.44 bits per heavy atom. The maximum absolute atomic E-state index is 13.0. The van der Waals surface area contributed by atoms with Crippen LogP contribution in [-0.4, -0.2) is 40.8 Å². The second-order valence-electron chi connectivity index (χ2n) is 6.80. The van der Waals surface area contributed by atoms with Gasteiger partial charge in [-0.3, -0.25) is 14.4 Å². The molecule has 0 bridgehead atoms. The summed E-state index contributed by atoms with van der Waals surface area (Å²) in [5.74, 6) is -3.23. The molecule has 0 aliphatic heterocycles. The smallest absolute Gasteiger partial charge is 0.326 e. The van der Waals surface area contributed by atoms with Gasteiger partial charge in [0.25, 0.3) is 0 Å². The Balaban J connectivity index is 2.12. The number of halogens is 1. The standard InChI is InChI=1S/C19H23FN2O5/c1-11(23)21-16(9-12-5-7-14(20)8-6-12)18(25)22-17(19(26)27)13-3-2-4-15(24)10-13/h5-8,13,16-17H,2-4,9-10H2,1H3,(H,21,23)(H,22,25)(H,26,27)/t13-,16-,17+/m1/s1. The van der Waals surface area contributed by atoms with Crippen molar-refractivity contribution >= 4 is 23.6 Å². The summed E-state index contributed by atoms with van der Waals surface area (Å²) in [4.78, 5) is 47.4. The number of amides is 2. The van der Waals surface area contributed by atoms with Crippen LogP contribution in [0.25, 0.3) is 0 Å². The van der Waals surface area contributed by atoms with Gasteiger partial charge in [-0.15, -0.1) is 0 Å². The minimum Gasteiger partial charge on any atom is -0.480 e. The predicted molar refractivity (Wildman–Crippen MR) is 94.2 cm³/mol. The molecule has 2 amide bonds. The second kappa shape index (κ2) is 9.25. The van der Waals surface area contributed by atoms with Gasteiger partial charge in [0.1, 0.15) is 23.7 Å². The number of hydrogen-bond donors (Lipinski definition) is 3. The number of nitrogens with one attached hydrogen (secondary N) is 2. The molecule has 2 rings (SSSR count). The molecular weight excluding hydrogens is 355 g/mol. The lowest BCUT2D eigenvalue weighted by Gasteiger charge is -2.29. The zero-order valence-corrected chi connectivity index (χ0v) is 15.0. The van der Waals surface area contributed by atoms with Crippen LogP contribution < -0.4 is 10.6 Å². The lowest BCUT2D eigenvalue weighted by atomic mass is 9.83. The third-order valence-corrected chi connectivity index (χ3v) is 4.60. The molecule has 1 aliphatic rings. The van der Waals surface area contributed by atoms with Crippen molar-refractivity contribution < 1.29 is 28.7 Å². The van der Waals surface area contributed by atoms with E-state index in [-0.39, 0.29) is 18.6 Å². The van der Waals surface area contributed by atoms with E-state index in [9.17, 15) is 28.7 Å². The van der Waals surface area contributed by atoms with E-state index in [1.165, 1.54) is 31.2 Å². The van der Waals surface area contributed by atoms with E-state index >= 15 is 0 Å². The van der Waals surface area contributed by atoms with Gasteiger partial charge in [-0.05, 0) is 36.5 Å². The molecule has 146 valence electrons. The Bertz CT molecular complexity index is 719. The molecule has 1 aromatic rings. The number of benzene rings is 1. The van der Waals surface area contributed by atoms with Gasteiger partial charge in [-0.25, -0.2) is 9.18 Å². The van der Waals surface area contributed by atoms with Crippen molar-refractivity contribution in [1.29, 1.82) is 0 Å². The number of ketones is 1. The molecule has 27 heavy (non-hydrogen) atoms. The third-order valence-electron chi connectivity index (χ3n) is 4.60. The number of aliphatic carboxylic acids is 1. The van der Waals surface area contributed by atoms with Crippen molar-refractivity contribution in [3.63, 3.8) is 0 Å². The monoisotopic (exact) mass is 378 g/mol. The minimum atomic E-state index is -1.22. The van der Waals surface area contributed by atoms with Crippen molar-refractivity contribution in [2.45, 2.75) is 51.1 Å². The maximum Gasteiger partial charge on any atom is 0.326 e. The van der Waals surface area contributed by atoms with Crippen molar-refractivity contribution in [3.8, 4) is 0 Å². The summed E-state index contributed by atoms with van der Waals surface area (Å²) < 4.78 is 13.0. The van der Waals surface area contributed by atoms with E-state index in [1.54, 1.807) is 0 Å². The van der Waals surface area contributed by atoms with Crippen LogP contribution in [0.15, 0.2) is 24.3 Å². The molecule has 0 heterocycles. The van der Waals surface area contributed by atoms with E-state index in [0.717, 1.165) is 0 Å². The first-order valence-corrected chi connectivity index (χ1v) is 8.82. The number of carboxylic acids is 1. The van der Waals surface area contributed by atoms with Gasteiger partial charge in [-0.2, -0.15) is 0 Å². The number of carbonyl (C=O) groups is 4. The topological polar surface area (TPSA) is 113 Å². The highest BCUT2D eigenvalue weighted by Crippen LogP contribution is 2.24. The average molecular weight is 378 g/mol. The van der Waals surface area contributed by atoms with E-state index < -0.39 is 41.6 Å². The van der Waals surface area contributed by atoms with Crippen molar-refractivity contribution in [3.05, 3.63) is 35.6 Å². The molecule has 3 atom stereocenters. The Morgan fingerprint density at radius 2 is 1.89 bits per heavy atom. The molecule has 3 N–H and O–H groups in total. The average Bonchev–Trinajstić information content (AvgIpc) is 2.60. The summed E-state index contributed by atoms with van der Waals surface area (Å²) in [5, 5.41) is 14.4. The lowest BCUT2D eigenvalue weighted by molar-refractivity contribution is -0.144. The van der Waals surface area contributed by atoms with Crippen LogP contribution in [0.4, 0.5) is 4.39 Å². The summed E-state index contributed by atoms with van der Waals surface area (Å²) in [6, 6.07) is 3.26. The van der Waals surface area contributed by atoms with Crippen LogP contribution in [0.2, 0.25) is 0 Å². The predicted octanol–water partition coefficient (Wildman–Crippen LogP) is 1.20. The summed E-state index contributed by atoms with van der Waals surface area (Å²) in [6.07, 6.45) is 1.75. The zero-order chi connectivity index (χ0) is 20.0. The molecule has 0 radical (unpaired) electrons. The maximum atomic E-state index is 13.0. The van der Waals surface area contributed by atoms with Gasteiger partial charge >= 0.3 is 5.97 Å². The largest absolute Gasteiger partial charge is 0.480 e. The molecule has 0 saturated heterocycles. The number of Topliss-reactive ketones (excluding diaryl/α,β-unsaturated/α-hetero) is 1. The van der Waals surface area contributed by atoms with Gasteiger partial charge in [-0.1, -0.05) is 12.1 Å². The summed E-state index contributed by atoms with van der Waals surface area (Å²) in [6.45, 7) is 1.25. The van der Waals surface area contributed by atoms with Crippen LogP contribution in [0, 0.1) is 11.7 Å². The molecule has 0 aromatic heterocycles. The molecule has 8 heteroatoms. The highest BCUT2D eigenvalue weighted by atomic mass is 19.1. The molecule has 0 spiro atoms. The van der Waals surface area contributed by atoms with Crippen LogP contribution in [0.5, 0.6) is 0 Å². The summed E-state index contributed by atoms with van der Waals surface area (Å²) >= 11 is 0. The number of hydrogen-bond acceptors (Lipinski definition) is 4. The second-order valence-corrected chi connectivity index (χ2v) is 6.80. The highest BCUT2D eigenvalue weighted by Gasteiger charge is 2.35. The van der Waals surface area contributed by atoms with Crippen LogP contribution in [0.3, 0.4) is 0 Å². The molecule has 1 aliphatic carbocycles. The van der Waals surface area contributed by atoms with Crippen LogP contribution in [0.1, 0.15) is 38.2 Å². The van der Waals surface area contributed by atoms with Gasteiger partial charge in [0.2, 0.25) is 11.8 Å². The first-order chi connectivity index (χ1) is 12.8. The SMILES string of the molecule is CC(=O)N[C@H](Cc1ccc(F)cc1)C(=O)N[C@H](C(=O)O)[C@@H]1CCCC(=O)C1. The Kier molecular flexibility index (Phi) is 7.04. The van der Waals surface area contributed by atoms with Crippen molar-refractivity contribution in [1.82, 2.24) is 10.6 Å². The fraction of sp³-hybridized carbons (Fsp3) is 0.474. The van der Waals surface area contributed by atoms with E-state index in [4.69, 9.17) is 0 Å². The fourth-order valence-corrected chi connectivity index (χ4v) is 3.29. The Hall–Kier alpha value is -2.77. The van der Waals surface area contributed by atoms with Gasteiger partial charge < -0.3 is 15.7 Å². The summed E-state index contributed by atoms with van der Waals surface area (Å²) in [5.41, 5.74) is 0.616. The number of rotatable bonds is 7. The van der Waals surface area contributed by atoms with Crippen molar-refractivity contribution in [2.75, 3.05) is 0 Å². The highest BCUT2D eigenvalue weighted by molar-refractivity contribution is 5.90. The van der Waals surface area contributed by atoms with Gasteiger partial charge in [0.15, 0.2) is 0 Å². The normalized spacial score (nSPS) is 19.0. The van der Waals surface area contributed by atoms with Crippen LogP contribution >= 0.6 is 0 Å². The molecular formula is C19H23FN2O5. The molecule has 1 fully saturated rings. The van der Waals surface area contributed by atoms with Crippen LogP contribution in [-0.2, 0) is 25.6 Å². The molecule has 0 unspecified atom stereocenters. The lowest BCUT2D eigenvalue weighted by Crippen LogP contribution is -2.54. The fourth-order valence-electron chi connectivity index (χ4n) is 3.29. The van der Waals surface area contributed by atoms with E-state index in [0.29, 0.717) is 24.8 Å². The first kappa shape index (κ1) is 20.5. The van der Waals surface area contributed by atoms with E-state index in [2.05, 4.69) is 10.6 Å². The van der Waals surface area contributed by atoms with Gasteiger partial charge in [0.05, 0.1) is 0 Å². The number of carbonyl (C=O) groups excluding carboxylic acids is 3. The van der Waals surface area contributed by atoms with Crippen molar-refractivity contribution in [2.24, 2.45) is 5.92 Å². The number of carboxylic acid groups (broad SMARTS) is 1. The molecule has 7 nitrogen and oxygen atoms in total.